The topological polar surface area (TPSA) is 48.1 Å². The molecule has 0 saturated carbocycles. The first-order valence-electron chi connectivity index (χ1n) is 5.63. The summed E-state index contributed by atoms with van der Waals surface area (Å²) in [4.78, 5) is 4.03. The lowest BCUT2D eigenvalue weighted by atomic mass is 10.1. The van der Waals surface area contributed by atoms with Crippen LogP contribution in [0.25, 0.3) is 0 Å². The molecule has 1 unspecified atom stereocenters. The van der Waals surface area contributed by atoms with Crippen molar-refractivity contribution >= 4 is 5.82 Å². The van der Waals surface area contributed by atoms with Crippen molar-refractivity contribution < 1.29 is 4.74 Å². The zero-order valence-electron chi connectivity index (χ0n) is 9.84. The zero-order valence-corrected chi connectivity index (χ0v) is 9.84. The first kappa shape index (κ1) is 11.6. The molecule has 3 heteroatoms. The van der Waals surface area contributed by atoms with Crippen molar-refractivity contribution in [2.24, 2.45) is 0 Å². The Bertz CT molecular complexity index is 471. The molecular formula is C14H16N2O. The third-order valence-corrected chi connectivity index (χ3v) is 2.68. The molecule has 2 aromatic rings. The van der Waals surface area contributed by atoms with E-state index in [2.05, 4.69) is 17.1 Å². The Kier molecular flexibility index (Phi) is 3.73. The number of aromatic nitrogens is 1. The summed E-state index contributed by atoms with van der Waals surface area (Å²) < 4.78 is 5.77. The summed E-state index contributed by atoms with van der Waals surface area (Å²) in [5.41, 5.74) is 7.84. The molecule has 88 valence electrons. The summed E-state index contributed by atoms with van der Waals surface area (Å²) in [6.45, 7) is 2.51. The number of hydrogen-bond donors (Lipinski definition) is 1. The molecule has 0 amide bonds. The maximum absolute atomic E-state index is 5.77. The van der Waals surface area contributed by atoms with Crippen LogP contribution in [0.4, 0.5) is 5.82 Å². The molecular weight excluding hydrogens is 212 g/mol. The highest BCUT2D eigenvalue weighted by molar-refractivity contribution is 5.37. The average Bonchev–Trinajstić information content (AvgIpc) is 2.38. The number of benzene rings is 1. The second-order valence-corrected chi connectivity index (χ2v) is 3.91. The molecule has 3 nitrogen and oxygen atoms in total. The molecule has 1 aromatic carbocycles. The van der Waals surface area contributed by atoms with Crippen LogP contribution in [0.15, 0.2) is 48.7 Å². The maximum atomic E-state index is 5.77. The molecule has 0 saturated heterocycles. The highest BCUT2D eigenvalue weighted by Crippen LogP contribution is 2.19. The Morgan fingerprint density at radius 3 is 2.65 bits per heavy atom. The van der Waals surface area contributed by atoms with E-state index >= 15 is 0 Å². The lowest BCUT2D eigenvalue weighted by molar-refractivity contribution is 0.0528. The monoisotopic (exact) mass is 228 g/mol. The second kappa shape index (κ2) is 5.46. The number of ether oxygens (including phenoxy) is 1. The van der Waals surface area contributed by atoms with Crippen LogP contribution in [0.1, 0.15) is 24.2 Å². The Labute approximate surface area is 101 Å². The van der Waals surface area contributed by atoms with Gasteiger partial charge in [-0.05, 0) is 18.6 Å². The van der Waals surface area contributed by atoms with Gasteiger partial charge in [0.25, 0.3) is 0 Å². The summed E-state index contributed by atoms with van der Waals surface area (Å²) in [6.07, 6.45) is 1.73. The lowest BCUT2D eigenvalue weighted by Crippen LogP contribution is -2.03. The zero-order chi connectivity index (χ0) is 12.1. The highest BCUT2D eigenvalue weighted by atomic mass is 16.5. The molecule has 0 aliphatic carbocycles. The standard InChI is InChI=1S/C14H16N2O/c1-11(12-6-3-2-4-7-12)17-10-13-8-5-9-16-14(13)15/h2-9,11H,10H2,1H3,(H2,15,16). The highest BCUT2D eigenvalue weighted by Gasteiger charge is 2.06. The van der Waals surface area contributed by atoms with E-state index in [9.17, 15) is 0 Å². The maximum Gasteiger partial charge on any atom is 0.128 e. The number of nitrogens with zero attached hydrogens (tertiary/aromatic N) is 1. The van der Waals surface area contributed by atoms with E-state index in [1.165, 1.54) is 0 Å². The molecule has 1 heterocycles. The van der Waals surface area contributed by atoms with Crippen molar-refractivity contribution in [1.29, 1.82) is 0 Å². The fourth-order valence-electron chi connectivity index (χ4n) is 1.61. The van der Waals surface area contributed by atoms with Crippen LogP contribution in [0.2, 0.25) is 0 Å². The van der Waals surface area contributed by atoms with Crippen molar-refractivity contribution in [2.45, 2.75) is 19.6 Å². The Balaban J connectivity index is 1.97. The Morgan fingerprint density at radius 2 is 1.94 bits per heavy atom. The van der Waals surface area contributed by atoms with Crippen molar-refractivity contribution in [3.63, 3.8) is 0 Å². The number of pyridine rings is 1. The Hall–Kier alpha value is -1.87. The van der Waals surface area contributed by atoms with E-state index in [0.29, 0.717) is 12.4 Å². The molecule has 1 aromatic heterocycles. The molecule has 2 N–H and O–H groups in total. The van der Waals surface area contributed by atoms with Gasteiger partial charge in [-0.1, -0.05) is 36.4 Å². The van der Waals surface area contributed by atoms with Gasteiger partial charge < -0.3 is 10.5 Å². The number of rotatable bonds is 4. The quantitative estimate of drug-likeness (QED) is 0.875. The van der Waals surface area contributed by atoms with Gasteiger partial charge in [0.05, 0.1) is 12.7 Å². The first-order valence-corrected chi connectivity index (χ1v) is 5.63. The van der Waals surface area contributed by atoms with Gasteiger partial charge in [0.1, 0.15) is 5.82 Å². The summed E-state index contributed by atoms with van der Waals surface area (Å²) in [7, 11) is 0. The molecule has 0 radical (unpaired) electrons. The normalized spacial score (nSPS) is 12.3. The minimum Gasteiger partial charge on any atom is -0.383 e. The predicted molar refractivity (Wildman–Crippen MR) is 68.3 cm³/mol. The van der Waals surface area contributed by atoms with Crippen molar-refractivity contribution in [3.8, 4) is 0 Å². The minimum absolute atomic E-state index is 0.0517. The number of anilines is 1. The van der Waals surface area contributed by atoms with Crippen LogP contribution >= 0.6 is 0 Å². The predicted octanol–water partition coefficient (Wildman–Crippen LogP) is 2.94. The first-order chi connectivity index (χ1) is 8.27. The Morgan fingerprint density at radius 1 is 1.18 bits per heavy atom. The fourth-order valence-corrected chi connectivity index (χ4v) is 1.61. The van der Waals surface area contributed by atoms with Crippen LogP contribution in [-0.4, -0.2) is 4.98 Å². The van der Waals surface area contributed by atoms with Crippen molar-refractivity contribution in [2.75, 3.05) is 5.73 Å². The van der Waals surface area contributed by atoms with Gasteiger partial charge in [-0.3, -0.25) is 0 Å². The van der Waals surface area contributed by atoms with Gasteiger partial charge in [0, 0.05) is 11.8 Å². The molecule has 17 heavy (non-hydrogen) atoms. The number of nitrogen functional groups attached to an aromatic ring is 1. The summed E-state index contributed by atoms with van der Waals surface area (Å²) in [5, 5.41) is 0. The third-order valence-electron chi connectivity index (χ3n) is 2.68. The van der Waals surface area contributed by atoms with Gasteiger partial charge in [-0.15, -0.1) is 0 Å². The molecule has 0 aliphatic heterocycles. The molecule has 0 bridgehead atoms. The van der Waals surface area contributed by atoms with E-state index in [0.717, 1.165) is 11.1 Å². The van der Waals surface area contributed by atoms with Crippen LogP contribution in [0.5, 0.6) is 0 Å². The smallest absolute Gasteiger partial charge is 0.128 e. The second-order valence-electron chi connectivity index (χ2n) is 3.91. The van der Waals surface area contributed by atoms with Crippen LogP contribution in [0.3, 0.4) is 0 Å². The lowest BCUT2D eigenvalue weighted by Gasteiger charge is -2.13. The number of nitrogens with two attached hydrogens (primary N) is 1. The molecule has 0 aliphatic rings. The number of hydrogen-bond acceptors (Lipinski definition) is 3. The molecule has 0 fully saturated rings. The van der Waals surface area contributed by atoms with Gasteiger partial charge in [0.2, 0.25) is 0 Å². The van der Waals surface area contributed by atoms with Crippen LogP contribution in [-0.2, 0) is 11.3 Å². The average molecular weight is 228 g/mol. The summed E-state index contributed by atoms with van der Waals surface area (Å²) in [6, 6.07) is 13.9. The van der Waals surface area contributed by atoms with Crippen molar-refractivity contribution in [1.82, 2.24) is 4.98 Å². The van der Waals surface area contributed by atoms with Gasteiger partial charge in [0.15, 0.2) is 0 Å². The van der Waals surface area contributed by atoms with E-state index < -0.39 is 0 Å². The summed E-state index contributed by atoms with van der Waals surface area (Å²) >= 11 is 0. The van der Waals surface area contributed by atoms with Crippen LogP contribution < -0.4 is 5.73 Å². The SMILES string of the molecule is CC(OCc1cccnc1N)c1ccccc1. The van der Waals surface area contributed by atoms with E-state index in [1.807, 2.05) is 37.3 Å². The fraction of sp³-hybridized carbons (Fsp3) is 0.214. The van der Waals surface area contributed by atoms with Crippen molar-refractivity contribution in [3.05, 3.63) is 59.8 Å². The third kappa shape index (κ3) is 3.04. The molecule has 0 spiro atoms. The summed E-state index contributed by atoms with van der Waals surface area (Å²) in [5.74, 6) is 0.535. The van der Waals surface area contributed by atoms with Gasteiger partial charge in [-0.25, -0.2) is 4.98 Å². The largest absolute Gasteiger partial charge is 0.383 e. The van der Waals surface area contributed by atoms with E-state index in [4.69, 9.17) is 10.5 Å². The molecule has 2 rings (SSSR count). The van der Waals surface area contributed by atoms with E-state index in [1.54, 1.807) is 6.20 Å². The minimum atomic E-state index is 0.0517. The van der Waals surface area contributed by atoms with Gasteiger partial charge in [-0.2, -0.15) is 0 Å². The van der Waals surface area contributed by atoms with E-state index in [-0.39, 0.29) is 6.10 Å². The van der Waals surface area contributed by atoms with Crippen LogP contribution in [0, 0.1) is 0 Å². The molecule has 1 atom stereocenters. The van der Waals surface area contributed by atoms with Gasteiger partial charge >= 0.3 is 0 Å².